The standard InChI is InChI=1S/C19H24O2/c1-5-6-12-16(15-10-8-7-9-11-15)17-14(2)13-19(3,4)21-18(17)20/h5,7-11,16H,1,6,12-13H2,2-4H3. The van der Waals surface area contributed by atoms with Gasteiger partial charge in [-0.1, -0.05) is 42.0 Å². The first-order valence-electron chi connectivity index (χ1n) is 7.53. The van der Waals surface area contributed by atoms with Crippen LogP contribution >= 0.6 is 0 Å². The number of carbonyl (C=O) groups excluding carboxylic acids is 1. The molecule has 2 heteroatoms. The van der Waals surface area contributed by atoms with Crippen LogP contribution < -0.4 is 0 Å². The highest BCUT2D eigenvalue weighted by Gasteiger charge is 2.36. The highest BCUT2D eigenvalue weighted by molar-refractivity contribution is 5.92. The fourth-order valence-electron chi connectivity index (χ4n) is 3.14. The van der Waals surface area contributed by atoms with E-state index in [4.69, 9.17) is 4.74 Å². The van der Waals surface area contributed by atoms with Crippen molar-refractivity contribution in [2.45, 2.75) is 51.6 Å². The minimum atomic E-state index is -0.398. The largest absolute Gasteiger partial charge is 0.456 e. The van der Waals surface area contributed by atoms with E-state index in [1.807, 2.05) is 38.1 Å². The Balaban J connectivity index is 2.41. The van der Waals surface area contributed by atoms with Crippen molar-refractivity contribution in [3.63, 3.8) is 0 Å². The number of cyclic esters (lactones) is 1. The van der Waals surface area contributed by atoms with Crippen LogP contribution in [0.4, 0.5) is 0 Å². The van der Waals surface area contributed by atoms with Crippen LogP contribution in [0.1, 0.15) is 51.5 Å². The van der Waals surface area contributed by atoms with Crippen molar-refractivity contribution in [3.05, 3.63) is 59.7 Å². The quantitative estimate of drug-likeness (QED) is 0.574. The Bertz CT molecular complexity index is 552. The molecule has 0 amide bonds. The Labute approximate surface area is 127 Å². The van der Waals surface area contributed by atoms with E-state index >= 15 is 0 Å². The lowest BCUT2D eigenvalue weighted by molar-refractivity contribution is -0.153. The van der Waals surface area contributed by atoms with Crippen LogP contribution in [0.3, 0.4) is 0 Å². The molecular formula is C19H24O2. The minimum absolute atomic E-state index is 0.0906. The van der Waals surface area contributed by atoms with Crippen molar-refractivity contribution < 1.29 is 9.53 Å². The summed E-state index contributed by atoms with van der Waals surface area (Å²) in [7, 11) is 0. The van der Waals surface area contributed by atoms with Gasteiger partial charge in [-0.05, 0) is 39.2 Å². The summed E-state index contributed by atoms with van der Waals surface area (Å²) in [5, 5.41) is 0. The number of hydrogen-bond acceptors (Lipinski definition) is 2. The van der Waals surface area contributed by atoms with Gasteiger partial charge in [0.2, 0.25) is 0 Å². The van der Waals surface area contributed by atoms with Crippen molar-refractivity contribution in [2.24, 2.45) is 0 Å². The van der Waals surface area contributed by atoms with Crippen LogP contribution in [0.15, 0.2) is 54.1 Å². The average Bonchev–Trinajstić information content (AvgIpc) is 2.41. The third kappa shape index (κ3) is 3.63. The van der Waals surface area contributed by atoms with Crippen molar-refractivity contribution in [3.8, 4) is 0 Å². The minimum Gasteiger partial charge on any atom is -0.456 e. The summed E-state index contributed by atoms with van der Waals surface area (Å²) in [6.07, 6.45) is 4.47. The number of allylic oxidation sites excluding steroid dienone is 1. The predicted octanol–water partition coefficient (Wildman–Crippen LogP) is 4.78. The Morgan fingerprint density at radius 1 is 1.33 bits per heavy atom. The van der Waals surface area contributed by atoms with E-state index in [9.17, 15) is 4.79 Å². The highest BCUT2D eigenvalue weighted by atomic mass is 16.6. The molecule has 112 valence electrons. The third-order valence-corrected chi connectivity index (χ3v) is 3.95. The number of carbonyl (C=O) groups is 1. The molecule has 0 radical (unpaired) electrons. The second-order valence-corrected chi connectivity index (χ2v) is 6.35. The molecule has 0 saturated heterocycles. The van der Waals surface area contributed by atoms with Crippen LogP contribution in [0.5, 0.6) is 0 Å². The second-order valence-electron chi connectivity index (χ2n) is 6.35. The first-order valence-corrected chi connectivity index (χ1v) is 7.53. The van der Waals surface area contributed by atoms with Crippen molar-refractivity contribution in [2.75, 3.05) is 0 Å². The SMILES string of the molecule is C=CCCC(C1=C(C)CC(C)(C)OC1=O)c1ccccc1. The molecule has 1 aliphatic rings. The van der Waals surface area contributed by atoms with Gasteiger partial charge in [-0.2, -0.15) is 0 Å². The lowest BCUT2D eigenvalue weighted by atomic mass is 9.81. The summed E-state index contributed by atoms with van der Waals surface area (Å²) in [6, 6.07) is 10.2. The maximum atomic E-state index is 12.5. The summed E-state index contributed by atoms with van der Waals surface area (Å²) in [6.45, 7) is 9.79. The summed E-state index contributed by atoms with van der Waals surface area (Å²) in [5.74, 6) is -0.0746. The molecule has 0 fully saturated rings. The molecule has 0 aromatic heterocycles. The summed E-state index contributed by atoms with van der Waals surface area (Å²) in [5.41, 5.74) is 2.76. The molecule has 1 atom stereocenters. The zero-order chi connectivity index (χ0) is 15.5. The average molecular weight is 284 g/mol. The third-order valence-electron chi connectivity index (χ3n) is 3.95. The number of benzene rings is 1. The molecule has 1 aromatic carbocycles. The molecular weight excluding hydrogens is 260 g/mol. The Morgan fingerprint density at radius 2 is 2.00 bits per heavy atom. The molecule has 0 aliphatic carbocycles. The van der Waals surface area contributed by atoms with E-state index in [0.717, 1.165) is 30.4 Å². The van der Waals surface area contributed by atoms with E-state index < -0.39 is 5.60 Å². The van der Waals surface area contributed by atoms with Gasteiger partial charge in [0, 0.05) is 17.9 Å². The van der Waals surface area contributed by atoms with Gasteiger partial charge in [-0.3, -0.25) is 0 Å². The first kappa shape index (κ1) is 15.6. The number of hydrogen-bond donors (Lipinski definition) is 0. The maximum absolute atomic E-state index is 12.5. The molecule has 0 saturated carbocycles. The van der Waals surface area contributed by atoms with Crippen molar-refractivity contribution in [1.29, 1.82) is 0 Å². The molecule has 2 nitrogen and oxygen atoms in total. The monoisotopic (exact) mass is 284 g/mol. The highest BCUT2D eigenvalue weighted by Crippen LogP contribution is 2.39. The molecule has 0 N–H and O–H groups in total. The first-order chi connectivity index (χ1) is 9.94. The van der Waals surface area contributed by atoms with Gasteiger partial charge in [0.05, 0.1) is 0 Å². The molecule has 21 heavy (non-hydrogen) atoms. The maximum Gasteiger partial charge on any atom is 0.335 e. The lowest BCUT2D eigenvalue weighted by Crippen LogP contribution is -2.35. The number of esters is 1. The van der Waals surface area contributed by atoms with Crippen LogP contribution in [0.25, 0.3) is 0 Å². The zero-order valence-corrected chi connectivity index (χ0v) is 13.2. The van der Waals surface area contributed by atoms with Gasteiger partial charge in [-0.25, -0.2) is 4.79 Å². The van der Waals surface area contributed by atoms with Gasteiger partial charge in [0.25, 0.3) is 0 Å². The van der Waals surface area contributed by atoms with E-state index in [2.05, 4.69) is 25.6 Å². The zero-order valence-electron chi connectivity index (χ0n) is 13.2. The van der Waals surface area contributed by atoms with Crippen LogP contribution in [0, 0.1) is 0 Å². The van der Waals surface area contributed by atoms with Gasteiger partial charge in [0.15, 0.2) is 0 Å². The predicted molar refractivity (Wildman–Crippen MR) is 86.1 cm³/mol. The Morgan fingerprint density at radius 3 is 2.57 bits per heavy atom. The van der Waals surface area contributed by atoms with Crippen LogP contribution in [-0.4, -0.2) is 11.6 Å². The summed E-state index contributed by atoms with van der Waals surface area (Å²) in [4.78, 5) is 12.5. The van der Waals surface area contributed by atoms with Gasteiger partial charge in [-0.15, -0.1) is 6.58 Å². The molecule has 1 aliphatic heterocycles. The van der Waals surface area contributed by atoms with E-state index in [1.54, 1.807) is 0 Å². The molecule has 1 aromatic rings. The van der Waals surface area contributed by atoms with E-state index in [-0.39, 0.29) is 11.9 Å². The van der Waals surface area contributed by atoms with E-state index in [1.165, 1.54) is 5.56 Å². The fourth-order valence-corrected chi connectivity index (χ4v) is 3.14. The molecule has 0 bridgehead atoms. The molecule has 1 heterocycles. The Hall–Kier alpha value is -1.83. The van der Waals surface area contributed by atoms with Gasteiger partial charge >= 0.3 is 5.97 Å². The Kier molecular flexibility index (Phi) is 4.66. The normalized spacial score (nSPS) is 19.1. The molecule has 2 rings (SSSR count). The number of ether oxygens (including phenoxy) is 1. The van der Waals surface area contributed by atoms with Crippen LogP contribution in [-0.2, 0) is 9.53 Å². The van der Waals surface area contributed by atoms with Crippen molar-refractivity contribution in [1.82, 2.24) is 0 Å². The summed E-state index contributed by atoms with van der Waals surface area (Å²) < 4.78 is 5.62. The van der Waals surface area contributed by atoms with Crippen LogP contribution in [0.2, 0.25) is 0 Å². The van der Waals surface area contributed by atoms with E-state index in [0.29, 0.717) is 0 Å². The molecule has 1 unspecified atom stereocenters. The molecule has 0 spiro atoms. The number of rotatable bonds is 5. The van der Waals surface area contributed by atoms with Gasteiger partial charge < -0.3 is 4.74 Å². The summed E-state index contributed by atoms with van der Waals surface area (Å²) >= 11 is 0. The lowest BCUT2D eigenvalue weighted by Gasteiger charge is -2.34. The second kappa shape index (κ2) is 6.30. The van der Waals surface area contributed by atoms with Crippen molar-refractivity contribution >= 4 is 5.97 Å². The smallest absolute Gasteiger partial charge is 0.335 e. The van der Waals surface area contributed by atoms with Gasteiger partial charge in [0.1, 0.15) is 5.60 Å². The topological polar surface area (TPSA) is 26.3 Å². The fraction of sp³-hybridized carbons (Fsp3) is 0.421.